The number of aromatic amines is 1. The summed E-state index contributed by atoms with van der Waals surface area (Å²) in [6.07, 6.45) is 0.818. The second-order valence-corrected chi connectivity index (χ2v) is 7.04. The normalized spacial score (nSPS) is 13.4. The van der Waals surface area contributed by atoms with Crippen molar-refractivity contribution in [2.75, 3.05) is 6.61 Å². The van der Waals surface area contributed by atoms with Crippen LogP contribution in [0.4, 0.5) is 4.79 Å². The van der Waals surface area contributed by atoms with Crippen LogP contribution in [0.15, 0.2) is 54.9 Å². The Morgan fingerprint density at radius 1 is 1.14 bits per heavy atom. The molecule has 1 aliphatic rings. The van der Waals surface area contributed by atoms with E-state index in [1.165, 1.54) is 6.33 Å². The first-order chi connectivity index (χ1) is 14.0. The molecule has 7 heteroatoms. The summed E-state index contributed by atoms with van der Waals surface area (Å²) in [5.41, 5.74) is 5.83. The maximum absolute atomic E-state index is 12.3. The van der Waals surface area contributed by atoms with Gasteiger partial charge >= 0.3 is 12.1 Å². The summed E-state index contributed by atoms with van der Waals surface area (Å²) in [7, 11) is 0. The van der Waals surface area contributed by atoms with Gasteiger partial charge < -0.3 is 20.1 Å². The predicted molar refractivity (Wildman–Crippen MR) is 107 cm³/mol. The average Bonchev–Trinajstić information content (AvgIpc) is 3.27. The minimum absolute atomic E-state index is 0.0782. The molecule has 1 unspecified atom stereocenters. The van der Waals surface area contributed by atoms with Crippen LogP contribution in [0.3, 0.4) is 0 Å². The largest absolute Gasteiger partial charge is 0.480 e. The molecule has 0 radical (unpaired) electrons. The number of fused-ring (bicyclic) bond motifs is 3. The van der Waals surface area contributed by atoms with Crippen molar-refractivity contribution in [2.24, 2.45) is 0 Å². The molecule has 29 heavy (non-hydrogen) atoms. The molecule has 0 saturated heterocycles. The van der Waals surface area contributed by atoms with Gasteiger partial charge in [0.05, 0.1) is 12.0 Å². The monoisotopic (exact) mass is 391 g/mol. The van der Waals surface area contributed by atoms with Gasteiger partial charge in [0.1, 0.15) is 12.6 Å². The maximum Gasteiger partial charge on any atom is 0.407 e. The van der Waals surface area contributed by atoms with Crippen LogP contribution in [-0.4, -0.2) is 39.8 Å². The summed E-state index contributed by atoms with van der Waals surface area (Å²) in [5, 5.41) is 11.9. The summed E-state index contributed by atoms with van der Waals surface area (Å²) >= 11 is 0. The van der Waals surface area contributed by atoms with Gasteiger partial charge in [0.2, 0.25) is 0 Å². The Kier molecular flexibility index (Phi) is 5.03. The Morgan fingerprint density at radius 3 is 2.31 bits per heavy atom. The lowest BCUT2D eigenvalue weighted by Gasteiger charge is -2.17. The molecular weight excluding hydrogens is 370 g/mol. The van der Waals surface area contributed by atoms with Gasteiger partial charge in [0.25, 0.3) is 0 Å². The van der Waals surface area contributed by atoms with Crippen LogP contribution in [0.5, 0.6) is 0 Å². The molecular formula is C22H21N3O4. The first-order valence-electron chi connectivity index (χ1n) is 9.37. The second-order valence-electron chi connectivity index (χ2n) is 7.04. The van der Waals surface area contributed by atoms with Crippen molar-refractivity contribution >= 4 is 12.1 Å². The highest BCUT2D eigenvalue weighted by atomic mass is 16.5. The molecule has 1 amide bonds. The van der Waals surface area contributed by atoms with Crippen LogP contribution in [0.1, 0.15) is 28.4 Å². The Balaban J connectivity index is 1.44. The number of aryl methyl sites for hydroxylation is 1. The molecule has 1 heterocycles. The summed E-state index contributed by atoms with van der Waals surface area (Å²) in [4.78, 5) is 30.9. The number of nitrogens with zero attached hydrogens (tertiary/aromatic N) is 1. The Labute approximate surface area is 167 Å². The number of carboxylic acid groups (broad SMARTS) is 1. The van der Waals surface area contributed by atoms with Crippen molar-refractivity contribution < 1.29 is 19.4 Å². The number of benzene rings is 2. The number of carbonyl (C=O) groups excluding carboxylic acids is 1. The molecule has 7 nitrogen and oxygen atoms in total. The second kappa shape index (κ2) is 7.79. The number of aliphatic carboxylic acids is 1. The van der Waals surface area contributed by atoms with Crippen molar-refractivity contribution in [3.8, 4) is 11.1 Å². The number of alkyl carbamates (subject to hydrolysis) is 1. The molecule has 1 aliphatic carbocycles. The minimum atomic E-state index is -1.14. The highest BCUT2D eigenvalue weighted by molar-refractivity contribution is 5.81. The zero-order valence-electron chi connectivity index (χ0n) is 15.9. The van der Waals surface area contributed by atoms with Crippen molar-refractivity contribution in [3.05, 3.63) is 77.4 Å². The van der Waals surface area contributed by atoms with Gasteiger partial charge in [-0.05, 0) is 29.2 Å². The van der Waals surface area contributed by atoms with Crippen molar-refractivity contribution in [1.82, 2.24) is 15.3 Å². The fraction of sp³-hybridized carbons (Fsp3) is 0.227. The van der Waals surface area contributed by atoms with Gasteiger partial charge in [-0.2, -0.15) is 0 Å². The Bertz CT molecular complexity index is 1010. The van der Waals surface area contributed by atoms with Crippen molar-refractivity contribution in [1.29, 1.82) is 0 Å². The van der Waals surface area contributed by atoms with Crippen molar-refractivity contribution in [2.45, 2.75) is 25.3 Å². The SMILES string of the molecule is Cc1[nH]cnc1CC(NC(=O)OCC1c2ccccc2-c2ccccc21)C(=O)O. The lowest BCUT2D eigenvalue weighted by atomic mass is 9.98. The molecule has 3 aromatic rings. The summed E-state index contributed by atoms with van der Waals surface area (Å²) < 4.78 is 5.43. The van der Waals surface area contributed by atoms with E-state index in [0.29, 0.717) is 5.69 Å². The molecule has 3 N–H and O–H groups in total. The fourth-order valence-corrected chi connectivity index (χ4v) is 3.77. The van der Waals surface area contributed by atoms with Gasteiger partial charge in [-0.25, -0.2) is 14.6 Å². The predicted octanol–water partition coefficient (Wildman–Crippen LogP) is 3.25. The topological polar surface area (TPSA) is 104 Å². The smallest absolute Gasteiger partial charge is 0.407 e. The van der Waals surface area contributed by atoms with Crippen LogP contribution in [0.2, 0.25) is 0 Å². The standard InChI is InChI=1S/C22H21N3O4/c1-13-19(24-12-23-13)10-20(21(26)27)25-22(28)29-11-18-16-8-4-2-6-14(16)15-7-3-5-9-17(15)18/h2-9,12,18,20H,10-11H2,1H3,(H,23,24)(H,25,28)(H,26,27). The highest BCUT2D eigenvalue weighted by Gasteiger charge is 2.30. The van der Waals surface area contributed by atoms with E-state index in [2.05, 4.69) is 27.4 Å². The minimum Gasteiger partial charge on any atom is -0.480 e. The van der Waals surface area contributed by atoms with Crippen LogP contribution >= 0.6 is 0 Å². The maximum atomic E-state index is 12.3. The Morgan fingerprint density at radius 2 is 1.76 bits per heavy atom. The quantitative estimate of drug-likeness (QED) is 0.598. The average molecular weight is 391 g/mol. The van der Waals surface area contributed by atoms with Gasteiger partial charge in [0, 0.05) is 18.0 Å². The number of rotatable bonds is 6. The number of ether oxygens (including phenoxy) is 1. The zero-order chi connectivity index (χ0) is 20.4. The molecule has 0 spiro atoms. The van der Waals surface area contributed by atoms with Crippen LogP contribution < -0.4 is 5.32 Å². The molecule has 0 saturated carbocycles. The summed E-state index contributed by atoms with van der Waals surface area (Å²) in [5.74, 6) is -1.22. The first-order valence-corrected chi connectivity index (χ1v) is 9.37. The number of hydrogen-bond donors (Lipinski definition) is 3. The number of nitrogens with one attached hydrogen (secondary N) is 2. The zero-order valence-corrected chi connectivity index (χ0v) is 15.9. The fourth-order valence-electron chi connectivity index (χ4n) is 3.77. The highest BCUT2D eigenvalue weighted by Crippen LogP contribution is 2.44. The number of H-pyrrole nitrogens is 1. The van der Waals surface area contributed by atoms with Gasteiger partial charge in [-0.15, -0.1) is 0 Å². The van der Waals surface area contributed by atoms with Gasteiger partial charge in [-0.3, -0.25) is 0 Å². The number of hydrogen-bond acceptors (Lipinski definition) is 4. The lowest BCUT2D eigenvalue weighted by molar-refractivity contribution is -0.139. The molecule has 0 fully saturated rings. The third-order valence-corrected chi connectivity index (χ3v) is 5.27. The molecule has 4 rings (SSSR count). The van der Waals surface area contributed by atoms with E-state index < -0.39 is 18.1 Å². The molecule has 0 aliphatic heterocycles. The lowest BCUT2D eigenvalue weighted by Crippen LogP contribution is -2.43. The number of aromatic nitrogens is 2. The molecule has 2 aromatic carbocycles. The van der Waals surface area contributed by atoms with E-state index in [-0.39, 0.29) is 18.9 Å². The number of amides is 1. The van der Waals surface area contributed by atoms with Gasteiger partial charge in [0.15, 0.2) is 0 Å². The van der Waals surface area contributed by atoms with E-state index in [1.807, 2.05) is 36.4 Å². The van der Waals surface area contributed by atoms with E-state index in [0.717, 1.165) is 27.9 Å². The third kappa shape index (κ3) is 3.71. The van der Waals surface area contributed by atoms with Crippen LogP contribution in [0, 0.1) is 6.92 Å². The number of carboxylic acids is 1. The molecule has 148 valence electrons. The first kappa shape index (κ1) is 18.7. The van der Waals surface area contributed by atoms with Crippen LogP contribution in [0.25, 0.3) is 11.1 Å². The molecule has 1 atom stereocenters. The van der Waals surface area contributed by atoms with E-state index in [9.17, 15) is 14.7 Å². The van der Waals surface area contributed by atoms with E-state index >= 15 is 0 Å². The van der Waals surface area contributed by atoms with Gasteiger partial charge in [-0.1, -0.05) is 48.5 Å². The summed E-state index contributed by atoms with van der Waals surface area (Å²) in [6.45, 7) is 1.93. The van der Waals surface area contributed by atoms with E-state index in [4.69, 9.17) is 4.74 Å². The Hall–Kier alpha value is -3.61. The van der Waals surface area contributed by atoms with E-state index in [1.54, 1.807) is 6.92 Å². The van der Waals surface area contributed by atoms with Crippen molar-refractivity contribution in [3.63, 3.8) is 0 Å². The number of carbonyl (C=O) groups is 2. The summed E-state index contributed by atoms with van der Waals surface area (Å²) in [6, 6.07) is 15.0. The van der Waals surface area contributed by atoms with Crippen LogP contribution in [-0.2, 0) is 16.0 Å². The number of imidazole rings is 1. The molecule has 0 bridgehead atoms. The third-order valence-electron chi connectivity index (χ3n) is 5.27. The molecule has 1 aromatic heterocycles.